The molecule has 6 heteroatoms. The molecule has 2 atom stereocenters. The smallest absolute Gasteiger partial charge is 0.347 e. The Bertz CT molecular complexity index is 287. The van der Waals surface area contributed by atoms with Gasteiger partial charge in [0.2, 0.25) is 0 Å². The molecule has 20 heavy (non-hydrogen) atoms. The number of carboxylic acids is 1. The minimum Gasteiger partial charge on any atom is -0.479 e. The molecule has 122 valence electrons. The number of carboxylic acid groups (broad SMARTS) is 1. The predicted octanol–water partition coefficient (Wildman–Crippen LogP) is 3.03. The molecule has 0 rings (SSSR count). The molecule has 0 aromatic carbocycles. The molecular formula is C14H30O6. The Morgan fingerprint density at radius 3 is 1.90 bits per heavy atom. The number of hydrogen-bond donors (Lipinski definition) is 1. The molecule has 0 amide bonds. The van der Waals surface area contributed by atoms with Crippen LogP contribution in [0.4, 0.5) is 0 Å². The van der Waals surface area contributed by atoms with Gasteiger partial charge in [-0.2, -0.15) is 0 Å². The molecule has 1 N–H and O–H groups in total. The molecule has 0 aromatic heterocycles. The lowest BCUT2D eigenvalue weighted by atomic mass is 10.2. The van der Waals surface area contributed by atoms with Crippen LogP contribution in [0, 0.1) is 0 Å². The van der Waals surface area contributed by atoms with Crippen molar-refractivity contribution in [2.24, 2.45) is 0 Å². The van der Waals surface area contributed by atoms with E-state index in [-0.39, 0.29) is 28.7 Å². The standard InChI is InChI=1S/C11H18O6.3CH4/c1-4-5-6-9(12)16-8(3)11(15)17-7(2)10(13)14;;;/h7-8H,4-6H2,1-3H3,(H,13,14);3*1H4. The molecule has 0 aliphatic rings. The third kappa shape index (κ3) is 11.5. The maximum atomic E-state index is 11.3. The van der Waals surface area contributed by atoms with Gasteiger partial charge in [0.1, 0.15) is 0 Å². The fraction of sp³-hybridized carbons (Fsp3) is 0.786. The van der Waals surface area contributed by atoms with Gasteiger partial charge >= 0.3 is 17.9 Å². The number of hydrogen-bond acceptors (Lipinski definition) is 5. The quantitative estimate of drug-likeness (QED) is 0.726. The molecule has 0 aliphatic heterocycles. The van der Waals surface area contributed by atoms with Crippen molar-refractivity contribution in [1.82, 2.24) is 0 Å². The summed E-state index contributed by atoms with van der Waals surface area (Å²) in [6, 6.07) is 0. The van der Waals surface area contributed by atoms with Gasteiger partial charge in [0, 0.05) is 6.42 Å². The van der Waals surface area contributed by atoms with Gasteiger partial charge in [0.25, 0.3) is 0 Å². The number of carbonyl (C=O) groups is 3. The van der Waals surface area contributed by atoms with E-state index in [1.54, 1.807) is 0 Å². The lowest BCUT2D eigenvalue weighted by Crippen LogP contribution is -2.32. The summed E-state index contributed by atoms with van der Waals surface area (Å²) in [5, 5.41) is 8.53. The zero-order valence-corrected chi connectivity index (χ0v) is 10.3. The highest BCUT2D eigenvalue weighted by Gasteiger charge is 2.23. The van der Waals surface area contributed by atoms with Crippen LogP contribution in [0.2, 0.25) is 0 Å². The van der Waals surface area contributed by atoms with Crippen molar-refractivity contribution in [2.45, 2.75) is 74.5 Å². The third-order valence-electron chi connectivity index (χ3n) is 2.02. The average molecular weight is 294 g/mol. The second kappa shape index (κ2) is 13.8. The summed E-state index contributed by atoms with van der Waals surface area (Å²) < 4.78 is 9.35. The first-order valence-electron chi connectivity index (χ1n) is 5.51. The molecular weight excluding hydrogens is 264 g/mol. The summed E-state index contributed by atoms with van der Waals surface area (Å²) in [5.74, 6) is -2.59. The van der Waals surface area contributed by atoms with Crippen molar-refractivity contribution in [3.8, 4) is 0 Å². The molecule has 2 unspecified atom stereocenters. The normalized spacial score (nSPS) is 11.6. The van der Waals surface area contributed by atoms with Gasteiger partial charge in [-0.3, -0.25) is 4.79 Å². The monoisotopic (exact) mass is 294 g/mol. The summed E-state index contributed by atoms with van der Waals surface area (Å²) in [6.45, 7) is 4.51. The summed E-state index contributed by atoms with van der Waals surface area (Å²) in [4.78, 5) is 32.9. The second-order valence-electron chi connectivity index (χ2n) is 3.65. The number of rotatable bonds is 7. The van der Waals surface area contributed by atoms with E-state index in [1.165, 1.54) is 13.8 Å². The molecule has 0 aliphatic carbocycles. The zero-order chi connectivity index (χ0) is 13.4. The first kappa shape index (κ1) is 26.9. The highest BCUT2D eigenvalue weighted by atomic mass is 16.6. The van der Waals surface area contributed by atoms with Crippen molar-refractivity contribution < 1.29 is 29.0 Å². The highest BCUT2D eigenvalue weighted by Crippen LogP contribution is 2.03. The summed E-state index contributed by atoms with van der Waals surface area (Å²) in [5.41, 5.74) is 0. The van der Waals surface area contributed by atoms with E-state index >= 15 is 0 Å². The molecule has 0 radical (unpaired) electrons. The van der Waals surface area contributed by atoms with E-state index in [0.29, 0.717) is 6.42 Å². The van der Waals surface area contributed by atoms with Crippen LogP contribution in [0.3, 0.4) is 0 Å². The first-order valence-corrected chi connectivity index (χ1v) is 5.51. The molecule has 0 saturated carbocycles. The molecule has 0 bridgehead atoms. The van der Waals surface area contributed by atoms with Gasteiger partial charge in [-0.1, -0.05) is 35.6 Å². The highest BCUT2D eigenvalue weighted by molar-refractivity contribution is 5.82. The van der Waals surface area contributed by atoms with Gasteiger partial charge < -0.3 is 14.6 Å². The number of aliphatic carboxylic acids is 1. The second-order valence-corrected chi connectivity index (χ2v) is 3.65. The van der Waals surface area contributed by atoms with Crippen LogP contribution in [0.1, 0.15) is 62.3 Å². The predicted molar refractivity (Wildman–Crippen MR) is 78.5 cm³/mol. The Hall–Kier alpha value is -1.59. The minimum atomic E-state index is -1.25. The maximum absolute atomic E-state index is 11.3. The van der Waals surface area contributed by atoms with E-state index in [1.807, 2.05) is 6.92 Å². The first-order chi connectivity index (χ1) is 7.88. The third-order valence-corrected chi connectivity index (χ3v) is 2.02. The van der Waals surface area contributed by atoms with Crippen LogP contribution in [0.15, 0.2) is 0 Å². The molecule has 6 nitrogen and oxygen atoms in total. The van der Waals surface area contributed by atoms with Crippen molar-refractivity contribution in [1.29, 1.82) is 0 Å². The van der Waals surface area contributed by atoms with Crippen molar-refractivity contribution in [3.63, 3.8) is 0 Å². The Morgan fingerprint density at radius 2 is 1.50 bits per heavy atom. The summed E-state index contributed by atoms with van der Waals surface area (Å²) in [7, 11) is 0. The Labute approximate surface area is 122 Å². The Kier molecular flexibility index (Phi) is 18.6. The molecule has 0 fully saturated rings. The number of carbonyl (C=O) groups excluding carboxylic acids is 2. The lowest BCUT2D eigenvalue weighted by Gasteiger charge is -2.14. The minimum absolute atomic E-state index is 0. The Morgan fingerprint density at radius 1 is 1.00 bits per heavy atom. The van der Waals surface area contributed by atoms with Crippen LogP contribution in [-0.2, 0) is 23.9 Å². The maximum Gasteiger partial charge on any atom is 0.347 e. The van der Waals surface area contributed by atoms with Crippen molar-refractivity contribution >= 4 is 17.9 Å². The number of ether oxygens (including phenoxy) is 2. The number of esters is 2. The number of unbranched alkanes of at least 4 members (excludes halogenated alkanes) is 1. The summed E-state index contributed by atoms with van der Waals surface area (Å²) in [6.07, 6.45) is -0.556. The van der Waals surface area contributed by atoms with Crippen LogP contribution in [0.25, 0.3) is 0 Å². The fourth-order valence-corrected chi connectivity index (χ4v) is 0.946. The van der Waals surface area contributed by atoms with Gasteiger partial charge in [-0.05, 0) is 20.3 Å². The summed E-state index contributed by atoms with van der Waals surface area (Å²) >= 11 is 0. The molecule has 0 aromatic rings. The van der Waals surface area contributed by atoms with Crippen LogP contribution in [0.5, 0.6) is 0 Å². The average Bonchev–Trinajstić information content (AvgIpc) is 2.25. The zero-order valence-electron chi connectivity index (χ0n) is 10.3. The molecule has 0 spiro atoms. The van der Waals surface area contributed by atoms with E-state index < -0.39 is 30.1 Å². The van der Waals surface area contributed by atoms with Gasteiger partial charge in [0.05, 0.1) is 0 Å². The van der Waals surface area contributed by atoms with E-state index in [2.05, 4.69) is 4.74 Å². The lowest BCUT2D eigenvalue weighted by molar-refractivity contribution is -0.174. The van der Waals surface area contributed by atoms with Crippen molar-refractivity contribution in [3.05, 3.63) is 0 Å². The van der Waals surface area contributed by atoms with Crippen LogP contribution < -0.4 is 0 Å². The van der Waals surface area contributed by atoms with Crippen LogP contribution in [-0.4, -0.2) is 35.2 Å². The molecule has 0 saturated heterocycles. The van der Waals surface area contributed by atoms with Gasteiger partial charge in [0.15, 0.2) is 12.2 Å². The molecule has 0 heterocycles. The fourth-order valence-electron chi connectivity index (χ4n) is 0.946. The van der Waals surface area contributed by atoms with Gasteiger partial charge in [-0.15, -0.1) is 0 Å². The van der Waals surface area contributed by atoms with E-state index in [9.17, 15) is 14.4 Å². The largest absolute Gasteiger partial charge is 0.479 e. The van der Waals surface area contributed by atoms with E-state index in [0.717, 1.165) is 6.42 Å². The van der Waals surface area contributed by atoms with Crippen LogP contribution >= 0.6 is 0 Å². The van der Waals surface area contributed by atoms with Gasteiger partial charge in [-0.25, -0.2) is 9.59 Å². The Balaban J connectivity index is -0.000000427. The topological polar surface area (TPSA) is 89.9 Å². The SMILES string of the molecule is C.C.C.CCCCC(=O)OC(C)C(=O)OC(C)C(=O)O. The van der Waals surface area contributed by atoms with E-state index in [4.69, 9.17) is 9.84 Å². The van der Waals surface area contributed by atoms with Crippen molar-refractivity contribution in [2.75, 3.05) is 0 Å².